The fraction of sp³-hybridized carbons (Fsp3) is 0.176. The van der Waals surface area contributed by atoms with Gasteiger partial charge in [-0.15, -0.1) is 0 Å². The molecule has 2 rings (SSSR count). The Kier molecular flexibility index (Phi) is 5.76. The van der Waals surface area contributed by atoms with Gasteiger partial charge in [-0.05, 0) is 42.8 Å². The summed E-state index contributed by atoms with van der Waals surface area (Å²) in [5.41, 5.74) is 2.02. The number of anilines is 2. The molecule has 2 aromatic rings. The van der Waals surface area contributed by atoms with E-state index in [1.54, 1.807) is 30.3 Å². The van der Waals surface area contributed by atoms with Gasteiger partial charge >= 0.3 is 0 Å². The Morgan fingerprint density at radius 1 is 1.09 bits per heavy atom. The van der Waals surface area contributed by atoms with Crippen LogP contribution in [-0.4, -0.2) is 18.4 Å². The SMILES string of the molecule is CC(=O)Nc1ccccc1NC(=O)COc1ccc(Br)cc1C. The number of carbonyl (C=O) groups is 2. The van der Waals surface area contributed by atoms with Crippen molar-refractivity contribution >= 4 is 39.1 Å². The smallest absolute Gasteiger partial charge is 0.262 e. The Labute approximate surface area is 143 Å². The zero-order valence-electron chi connectivity index (χ0n) is 12.9. The van der Waals surface area contributed by atoms with E-state index in [1.165, 1.54) is 6.92 Å². The topological polar surface area (TPSA) is 67.4 Å². The van der Waals surface area contributed by atoms with Crippen LogP contribution in [0.15, 0.2) is 46.9 Å². The molecule has 0 aliphatic carbocycles. The highest BCUT2D eigenvalue weighted by Gasteiger charge is 2.09. The van der Waals surface area contributed by atoms with E-state index < -0.39 is 0 Å². The van der Waals surface area contributed by atoms with Crippen LogP contribution in [0.25, 0.3) is 0 Å². The number of aryl methyl sites for hydroxylation is 1. The Morgan fingerprint density at radius 3 is 2.35 bits per heavy atom. The second kappa shape index (κ2) is 7.78. The van der Waals surface area contributed by atoms with Gasteiger partial charge < -0.3 is 15.4 Å². The summed E-state index contributed by atoms with van der Waals surface area (Å²) in [5, 5.41) is 5.40. The first-order valence-electron chi connectivity index (χ1n) is 7.01. The van der Waals surface area contributed by atoms with E-state index in [9.17, 15) is 9.59 Å². The van der Waals surface area contributed by atoms with Gasteiger partial charge in [0.15, 0.2) is 6.61 Å². The van der Waals surface area contributed by atoms with Gasteiger partial charge in [-0.1, -0.05) is 28.1 Å². The van der Waals surface area contributed by atoms with Crippen molar-refractivity contribution in [2.75, 3.05) is 17.2 Å². The first kappa shape index (κ1) is 17.0. The molecule has 0 bridgehead atoms. The molecule has 0 heterocycles. The molecule has 0 aliphatic heterocycles. The molecular formula is C17H17BrN2O3. The summed E-state index contributed by atoms with van der Waals surface area (Å²) in [7, 11) is 0. The molecule has 2 N–H and O–H groups in total. The van der Waals surface area contributed by atoms with Crippen molar-refractivity contribution in [2.24, 2.45) is 0 Å². The Hall–Kier alpha value is -2.34. The highest BCUT2D eigenvalue weighted by Crippen LogP contribution is 2.23. The monoisotopic (exact) mass is 376 g/mol. The quantitative estimate of drug-likeness (QED) is 0.835. The molecule has 0 aromatic heterocycles. The number of hydrogen-bond donors (Lipinski definition) is 2. The van der Waals surface area contributed by atoms with Gasteiger partial charge in [0.05, 0.1) is 11.4 Å². The van der Waals surface area contributed by atoms with Gasteiger partial charge in [0, 0.05) is 11.4 Å². The van der Waals surface area contributed by atoms with Crippen molar-refractivity contribution in [1.29, 1.82) is 0 Å². The maximum absolute atomic E-state index is 12.0. The normalized spacial score (nSPS) is 10.0. The van der Waals surface area contributed by atoms with E-state index >= 15 is 0 Å². The minimum Gasteiger partial charge on any atom is -0.483 e. The van der Waals surface area contributed by atoms with Gasteiger partial charge in [-0.2, -0.15) is 0 Å². The number of nitrogens with one attached hydrogen (secondary N) is 2. The fourth-order valence-electron chi connectivity index (χ4n) is 2.00. The van der Waals surface area contributed by atoms with Crippen LogP contribution in [0.4, 0.5) is 11.4 Å². The zero-order valence-corrected chi connectivity index (χ0v) is 14.4. The molecule has 0 aliphatic rings. The molecule has 0 atom stereocenters. The van der Waals surface area contributed by atoms with Crippen LogP contribution in [0.5, 0.6) is 5.75 Å². The second-order valence-electron chi connectivity index (χ2n) is 4.97. The number of halogens is 1. The minimum atomic E-state index is -0.301. The van der Waals surface area contributed by atoms with Crippen molar-refractivity contribution in [1.82, 2.24) is 0 Å². The number of benzene rings is 2. The maximum atomic E-state index is 12.0. The lowest BCUT2D eigenvalue weighted by atomic mass is 10.2. The molecule has 2 aromatic carbocycles. The van der Waals surface area contributed by atoms with Crippen LogP contribution in [0, 0.1) is 6.92 Å². The summed E-state index contributed by atoms with van der Waals surface area (Å²) < 4.78 is 6.48. The maximum Gasteiger partial charge on any atom is 0.262 e. The van der Waals surface area contributed by atoms with Crippen molar-refractivity contribution in [2.45, 2.75) is 13.8 Å². The average molecular weight is 377 g/mol. The Balaban J connectivity index is 1.98. The summed E-state index contributed by atoms with van der Waals surface area (Å²) in [6, 6.07) is 12.6. The van der Waals surface area contributed by atoms with Gasteiger partial charge in [0.25, 0.3) is 5.91 Å². The largest absolute Gasteiger partial charge is 0.483 e. The molecule has 23 heavy (non-hydrogen) atoms. The van der Waals surface area contributed by atoms with Crippen LogP contribution in [0.2, 0.25) is 0 Å². The number of carbonyl (C=O) groups excluding carboxylic acids is 2. The fourth-order valence-corrected chi connectivity index (χ4v) is 2.47. The highest BCUT2D eigenvalue weighted by molar-refractivity contribution is 9.10. The van der Waals surface area contributed by atoms with E-state index in [-0.39, 0.29) is 18.4 Å². The van der Waals surface area contributed by atoms with E-state index in [1.807, 2.05) is 19.1 Å². The van der Waals surface area contributed by atoms with Crippen LogP contribution in [0.1, 0.15) is 12.5 Å². The minimum absolute atomic E-state index is 0.114. The molecule has 0 spiro atoms. The van der Waals surface area contributed by atoms with Crippen LogP contribution >= 0.6 is 15.9 Å². The molecule has 120 valence electrons. The van der Waals surface area contributed by atoms with Crippen molar-refractivity contribution in [3.63, 3.8) is 0 Å². The van der Waals surface area contributed by atoms with Gasteiger partial charge in [0.2, 0.25) is 5.91 Å². The number of para-hydroxylation sites is 2. The predicted octanol–water partition coefficient (Wildman–Crippen LogP) is 3.73. The third kappa shape index (κ3) is 5.10. The van der Waals surface area contributed by atoms with E-state index in [0.29, 0.717) is 17.1 Å². The summed E-state index contributed by atoms with van der Waals surface area (Å²) >= 11 is 3.38. The van der Waals surface area contributed by atoms with Crippen molar-refractivity contribution < 1.29 is 14.3 Å². The molecule has 0 saturated heterocycles. The van der Waals surface area contributed by atoms with Gasteiger partial charge in [0.1, 0.15) is 5.75 Å². The lowest BCUT2D eigenvalue weighted by molar-refractivity contribution is -0.118. The lowest BCUT2D eigenvalue weighted by Crippen LogP contribution is -2.21. The third-order valence-corrected chi connectivity index (χ3v) is 3.50. The Bertz CT molecular complexity index is 732. The zero-order chi connectivity index (χ0) is 16.8. The molecule has 2 amide bonds. The van der Waals surface area contributed by atoms with Crippen LogP contribution in [0.3, 0.4) is 0 Å². The molecule has 0 fully saturated rings. The van der Waals surface area contributed by atoms with E-state index in [2.05, 4.69) is 26.6 Å². The standard InChI is InChI=1S/C17H17BrN2O3/c1-11-9-13(18)7-8-16(11)23-10-17(22)20-15-6-4-3-5-14(15)19-12(2)21/h3-9H,10H2,1-2H3,(H,19,21)(H,20,22). The van der Waals surface area contributed by atoms with Crippen molar-refractivity contribution in [3.05, 3.63) is 52.5 Å². The lowest BCUT2D eigenvalue weighted by Gasteiger charge is -2.12. The molecule has 0 radical (unpaired) electrons. The first-order valence-corrected chi connectivity index (χ1v) is 7.80. The number of amides is 2. The van der Waals surface area contributed by atoms with Gasteiger partial charge in [-0.25, -0.2) is 0 Å². The summed E-state index contributed by atoms with van der Waals surface area (Å²) in [6.45, 7) is 3.21. The van der Waals surface area contributed by atoms with E-state index in [0.717, 1.165) is 10.0 Å². The number of rotatable bonds is 5. The first-order chi connectivity index (χ1) is 11.0. The predicted molar refractivity (Wildman–Crippen MR) is 93.7 cm³/mol. The van der Waals surface area contributed by atoms with Gasteiger partial charge in [-0.3, -0.25) is 9.59 Å². The Morgan fingerprint density at radius 2 is 1.74 bits per heavy atom. The number of ether oxygens (including phenoxy) is 1. The molecule has 0 saturated carbocycles. The third-order valence-electron chi connectivity index (χ3n) is 3.01. The van der Waals surface area contributed by atoms with Crippen molar-refractivity contribution in [3.8, 4) is 5.75 Å². The molecular weight excluding hydrogens is 360 g/mol. The number of hydrogen-bond acceptors (Lipinski definition) is 3. The highest BCUT2D eigenvalue weighted by atomic mass is 79.9. The molecule has 0 unspecified atom stereocenters. The second-order valence-corrected chi connectivity index (χ2v) is 5.89. The summed E-state index contributed by atoms with van der Waals surface area (Å²) in [4.78, 5) is 23.2. The summed E-state index contributed by atoms with van der Waals surface area (Å²) in [6.07, 6.45) is 0. The van der Waals surface area contributed by atoms with E-state index in [4.69, 9.17) is 4.74 Å². The molecule has 5 nitrogen and oxygen atoms in total. The average Bonchev–Trinajstić information content (AvgIpc) is 2.48. The molecule has 6 heteroatoms. The van der Waals surface area contributed by atoms with Crippen LogP contribution < -0.4 is 15.4 Å². The summed E-state index contributed by atoms with van der Waals surface area (Å²) in [5.74, 6) is 0.150. The van der Waals surface area contributed by atoms with Crippen LogP contribution in [-0.2, 0) is 9.59 Å².